The fraction of sp³-hybridized carbons (Fsp3) is 0.500. The highest BCUT2D eigenvalue weighted by Crippen LogP contribution is 2.40. The zero-order chi connectivity index (χ0) is 16.4. The second kappa shape index (κ2) is 6.36. The summed E-state index contributed by atoms with van der Waals surface area (Å²) in [5, 5.41) is 20.3. The molecule has 1 aromatic carbocycles. The number of aromatic carboxylic acids is 1. The first-order valence-electron chi connectivity index (χ1n) is 6.71. The highest BCUT2D eigenvalue weighted by molar-refractivity contribution is 6.48. The zero-order valence-corrected chi connectivity index (χ0v) is 14.1. The van der Waals surface area contributed by atoms with E-state index in [1.165, 1.54) is 12.1 Å². The molecule has 0 aliphatic rings. The highest BCUT2D eigenvalue weighted by Gasteiger charge is 2.33. The van der Waals surface area contributed by atoms with Gasteiger partial charge in [-0.1, -0.05) is 20.8 Å². The quantitative estimate of drug-likeness (QED) is 0.511. The van der Waals surface area contributed by atoms with E-state index >= 15 is 0 Å². The molecule has 116 valence electrons. The lowest BCUT2D eigenvalue weighted by atomic mass is 9.84. The van der Waals surface area contributed by atoms with Crippen molar-refractivity contribution in [3.05, 3.63) is 39.4 Å². The number of nitro groups is 1. The molecule has 0 radical (unpaired) electrons. The number of rotatable bonds is 5. The maximum absolute atomic E-state index is 11.3. The molecule has 0 bridgehead atoms. The van der Waals surface area contributed by atoms with E-state index < -0.39 is 26.0 Å². The molecule has 0 fully saturated rings. The first-order valence-corrected chi connectivity index (χ1v) is 9.49. The zero-order valence-electron chi connectivity index (χ0n) is 12.9. The van der Waals surface area contributed by atoms with Crippen molar-refractivity contribution in [2.24, 2.45) is 5.41 Å². The Balaban J connectivity index is 3.43. The minimum absolute atomic E-state index is 0.0973. The molecule has 1 N–H and O–H groups in total. The van der Waals surface area contributed by atoms with Crippen molar-refractivity contribution in [2.75, 3.05) is 0 Å². The number of nitro benzene ring substituents is 1. The van der Waals surface area contributed by atoms with Gasteiger partial charge in [0.1, 0.15) is 0 Å². The van der Waals surface area contributed by atoms with Crippen LogP contribution in [0.1, 0.15) is 42.8 Å². The van der Waals surface area contributed by atoms with E-state index in [1.807, 2.05) is 33.9 Å². The van der Waals surface area contributed by atoms with Gasteiger partial charge in [0.2, 0.25) is 0 Å². The number of hydrogen-bond acceptors (Lipinski definition) is 4. The first-order chi connectivity index (χ1) is 9.54. The fourth-order valence-corrected chi connectivity index (χ4v) is 3.17. The van der Waals surface area contributed by atoms with Crippen molar-refractivity contribution in [1.29, 1.82) is 0 Å². The summed E-state index contributed by atoms with van der Waals surface area (Å²) in [6, 6.07) is 3.98. The lowest BCUT2D eigenvalue weighted by molar-refractivity contribution is -0.386. The van der Waals surface area contributed by atoms with Crippen LogP contribution in [0.15, 0.2) is 18.2 Å². The summed E-state index contributed by atoms with van der Waals surface area (Å²) >= 11 is 0. The number of nitrogens with zero attached hydrogens (tertiary/aromatic N) is 1. The van der Waals surface area contributed by atoms with Crippen molar-refractivity contribution < 1.29 is 19.3 Å². The molecule has 0 aromatic heterocycles. The molecular weight excluding hydrogens is 290 g/mol. The van der Waals surface area contributed by atoms with Crippen LogP contribution in [0.25, 0.3) is 0 Å². The highest BCUT2D eigenvalue weighted by atomic mass is 28.3. The molecule has 0 spiro atoms. The van der Waals surface area contributed by atoms with Crippen LogP contribution in [-0.4, -0.2) is 25.0 Å². The second-order valence-corrected chi connectivity index (χ2v) is 8.64. The molecule has 1 atom stereocenters. The van der Waals surface area contributed by atoms with Crippen LogP contribution in [0.2, 0.25) is 13.1 Å². The van der Waals surface area contributed by atoms with Crippen LogP contribution in [0.5, 0.6) is 0 Å². The van der Waals surface area contributed by atoms with E-state index in [2.05, 4.69) is 0 Å². The Morgan fingerprint density at radius 2 is 1.95 bits per heavy atom. The number of carboxylic acid groups (broad SMARTS) is 1. The Bertz CT molecular complexity index is 551. The van der Waals surface area contributed by atoms with Gasteiger partial charge in [-0.2, -0.15) is 0 Å². The third-order valence-electron chi connectivity index (χ3n) is 2.95. The van der Waals surface area contributed by atoms with Crippen LogP contribution >= 0.6 is 0 Å². The first kappa shape index (κ1) is 17.3. The van der Waals surface area contributed by atoms with Gasteiger partial charge in [-0.3, -0.25) is 10.1 Å². The summed E-state index contributed by atoms with van der Waals surface area (Å²) in [5.41, 5.74) is -0.199. The monoisotopic (exact) mass is 311 g/mol. The van der Waals surface area contributed by atoms with Gasteiger partial charge in [0.15, 0.2) is 9.04 Å². The third-order valence-corrected chi connectivity index (χ3v) is 3.77. The number of benzene rings is 1. The van der Waals surface area contributed by atoms with Gasteiger partial charge < -0.3 is 9.53 Å². The molecular formula is C14H21NO5Si. The molecule has 0 aliphatic heterocycles. The van der Waals surface area contributed by atoms with E-state index in [0.717, 1.165) is 6.07 Å². The predicted molar refractivity (Wildman–Crippen MR) is 82.2 cm³/mol. The normalized spacial score (nSPS) is 13.2. The minimum atomic E-state index is -1.42. The Morgan fingerprint density at radius 3 is 2.33 bits per heavy atom. The van der Waals surface area contributed by atoms with Gasteiger partial charge in [0, 0.05) is 6.07 Å². The molecule has 21 heavy (non-hydrogen) atoms. The molecule has 0 aliphatic carbocycles. The average Bonchev–Trinajstić information content (AvgIpc) is 2.33. The molecule has 1 rings (SSSR count). The lowest BCUT2D eigenvalue weighted by Crippen LogP contribution is -2.26. The van der Waals surface area contributed by atoms with E-state index in [9.17, 15) is 14.9 Å². The molecule has 7 heteroatoms. The summed E-state index contributed by atoms with van der Waals surface area (Å²) in [4.78, 5) is 21.7. The average molecular weight is 311 g/mol. The minimum Gasteiger partial charge on any atom is -0.478 e. The molecule has 1 aromatic rings. The van der Waals surface area contributed by atoms with Gasteiger partial charge in [-0.25, -0.2) is 4.79 Å². The SMILES string of the molecule is C[SiH](C)OC(c1ccc(C(=O)O)cc1[N+](=O)[O-])C(C)(C)C. The van der Waals surface area contributed by atoms with Crippen molar-refractivity contribution in [1.82, 2.24) is 0 Å². The van der Waals surface area contributed by atoms with Gasteiger partial charge in [-0.15, -0.1) is 0 Å². The van der Waals surface area contributed by atoms with Crippen LogP contribution in [0.3, 0.4) is 0 Å². The van der Waals surface area contributed by atoms with Gasteiger partial charge in [0.05, 0.1) is 22.2 Å². The van der Waals surface area contributed by atoms with E-state index in [1.54, 1.807) is 0 Å². The molecule has 1 unspecified atom stereocenters. The van der Waals surface area contributed by atoms with E-state index in [-0.39, 0.29) is 16.7 Å². The van der Waals surface area contributed by atoms with Crippen LogP contribution in [0.4, 0.5) is 5.69 Å². The smallest absolute Gasteiger partial charge is 0.335 e. The summed E-state index contributed by atoms with van der Waals surface area (Å²) in [5.74, 6) is -1.18. The number of carbonyl (C=O) groups is 1. The largest absolute Gasteiger partial charge is 0.478 e. The van der Waals surface area contributed by atoms with Gasteiger partial charge in [-0.05, 0) is 30.6 Å². The number of carboxylic acids is 1. The topological polar surface area (TPSA) is 89.7 Å². The van der Waals surface area contributed by atoms with E-state index in [4.69, 9.17) is 9.53 Å². The standard InChI is InChI=1S/C14H21NO5Si/c1-14(2,3)12(20-21(4)5)10-7-6-9(13(16)17)8-11(10)15(18)19/h6-8,12,21H,1-5H3,(H,16,17). The fourth-order valence-electron chi connectivity index (χ4n) is 2.07. The van der Waals surface area contributed by atoms with Crippen molar-refractivity contribution in [3.8, 4) is 0 Å². The predicted octanol–water partition coefficient (Wildman–Crippen LogP) is 3.38. The van der Waals surface area contributed by atoms with Crippen molar-refractivity contribution >= 4 is 20.7 Å². The maximum Gasteiger partial charge on any atom is 0.335 e. The van der Waals surface area contributed by atoms with Crippen LogP contribution in [-0.2, 0) is 4.43 Å². The molecule has 0 saturated carbocycles. The number of hydrogen-bond donors (Lipinski definition) is 1. The van der Waals surface area contributed by atoms with Crippen molar-refractivity contribution in [3.63, 3.8) is 0 Å². The third kappa shape index (κ3) is 4.37. The second-order valence-electron chi connectivity index (χ2n) is 6.27. The van der Waals surface area contributed by atoms with E-state index in [0.29, 0.717) is 5.56 Å². The summed E-state index contributed by atoms with van der Waals surface area (Å²) in [6.07, 6.45) is -0.438. The van der Waals surface area contributed by atoms with Crippen molar-refractivity contribution in [2.45, 2.75) is 40.0 Å². The Kier molecular flexibility index (Phi) is 5.24. The Hall–Kier alpha value is -1.73. The molecule has 0 heterocycles. The summed E-state index contributed by atoms with van der Waals surface area (Å²) in [6.45, 7) is 9.84. The Morgan fingerprint density at radius 1 is 1.38 bits per heavy atom. The Labute approximate surface area is 125 Å². The summed E-state index contributed by atoms with van der Waals surface area (Å²) < 4.78 is 5.98. The summed E-state index contributed by atoms with van der Waals surface area (Å²) in [7, 11) is -1.42. The molecule has 6 nitrogen and oxygen atoms in total. The lowest BCUT2D eigenvalue weighted by Gasteiger charge is -2.32. The van der Waals surface area contributed by atoms with Crippen LogP contribution < -0.4 is 0 Å². The van der Waals surface area contributed by atoms with Gasteiger partial charge >= 0.3 is 5.97 Å². The van der Waals surface area contributed by atoms with Gasteiger partial charge in [0.25, 0.3) is 5.69 Å². The molecule has 0 amide bonds. The van der Waals surface area contributed by atoms with Crippen LogP contribution in [0, 0.1) is 15.5 Å². The maximum atomic E-state index is 11.3. The molecule has 0 saturated heterocycles.